The Hall–Kier alpha value is -3.32. The van der Waals surface area contributed by atoms with Crippen LogP contribution in [0.15, 0.2) is 59.1 Å². The van der Waals surface area contributed by atoms with E-state index in [-0.39, 0.29) is 5.91 Å². The van der Waals surface area contributed by atoms with Gasteiger partial charge in [-0.15, -0.1) is 0 Å². The standard InChI is InChI=1S/C26H31N3O4/c1-31-18-17-29(25(30)21-11-13-22(32-2)14-12-21)19-23-24(20-9-5-3-6-10-20)27-33-26(23)28-15-7-4-8-16-28/h3,5-6,9-14H,4,7-8,15-19H2,1-2H3. The lowest BCUT2D eigenvalue weighted by atomic mass is 10.0. The summed E-state index contributed by atoms with van der Waals surface area (Å²) in [7, 11) is 3.25. The summed E-state index contributed by atoms with van der Waals surface area (Å²) in [6, 6.07) is 17.2. The number of ether oxygens (including phenoxy) is 2. The fourth-order valence-corrected chi connectivity index (χ4v) is 4.17. The van der Waals surface area contributed by atoms with Gasteiger partial charge in [-0.2, -0.15) is 0 Å². The molecule has 3 aromatic rings. The lowest BCUT2D eigenvalue weighted by Gasteiger charge is -2.28. The topological polar surface area (TPSA) is 68.0 Å². The summed E-state index contributed by atoms with van der Waals surface area (Å²) in [5.41, 5.74) is 3.29. The van der Waals surface area contributed by atoms with Gasteiger partial charge in [0.15, 0.2) is 0 Å². The van der Waals surface area contributed by atoms with Crippen molar-refractivity contribution in [1.29, 1.82) is 0 Å². The van der Waals surface area contributed by atoms with E-state index in [1.54, 1.807) is 43.4 Å². The predicted molar refractivity (Wildman–Crippen MR) is 128 cm³/mol. The molecule has 4 rings (SSSR count). The van der Waals surface area contributed by atoms with Crippen LogP contribution in [0.5, 0.6) is 5.75 Å². The molecule has 7 heteroatoms. The Labute approximate surface area is 194 Å². The minimum atomic E-state index is -0.0699. The molecule has 2 aromatic carbocycles. The molecular weight excluding hydrogens is 418 g/mol. The molecule has 0 aliphatic carbocycles. The van der Waals surface area contributed by atoms with Crippen LogP contribution < -0.4 is 9.64 Å². The zero-order valence-corrected chi connectivity index (χ0v) is 19.3. The van der Waals surface area contributed by atoms with Gasteiger partial charge < -0.3 is 23.8 Å². The van der Waals surface area contributed by atoms with Crippen molar-refractivity contribution in [3.63, 3.8) is 0 Å². The molecule has 0 radical (unpaired) electrons. The van der Waals surface area contributed by atoms with Crippen molar-refractivity contribution in [2.45, 2.75) is 25.8 Å². The fourth-order valence-electron chi connectivity index (χ4n) is 4.17. The molecule has 0 spiro atoms. The Balaban J connectivity index is 1.68. The van der Waals surface area contributed by atoms with Crippen molar-refractivity contribution in [2.24, 2.45) is 0 Å². The highest BCUT2D eigenvalue weighted by Gasteiger charge is 2.27. The summed E-state index contributed by atoms with van der Waals surface area (Å²) in [6.45, 7) is 3.14. The molecule has 174 valence electrons. The third-order valence-electron chi connectivity index (χ3n) is 6.00. The first-order chi connectivity index (χ1) is 16.2. The van der Waals surface area contributed by atoms with Gasteiger partial charge in [0.1, 0.15) is 11.4 Å². The maximum absolute atomic E-state index is 13.5. The van der Waals surface area contributed by atoms with Crippen molar-refractivity contribution >= 4 is 11.8 Å². The Morgan fingerprint density at radius 1 is 1.03 bits per heavy atom. The number of carbonyl (C=O) groups excluding carboxylic acids is 1. The van der Waals surface area contributed by atoms with E-state index in [0.717, 1.165) is 48.6 Å². The molecule has 1 aromatic heterocycles. The summed E-state index contributed by atoms with van der Waals surface area (Å²) >= 11 is 0. The van der Waals surface area contributed by atoms with Crippen LogP contribution in [0.25, 0.3) is 11.3 Å². The van der Waals surface area contributed by atoms with E-state index >= 15 is 0 Å². The number of hydrogen-bond acceptors (Lipinski definition) is 6. The molecule has 0 atom stereocenters. The molecule has 1 saturated heterocycles. The second kappa shape index (κ2) is 11.0. The van der Waals surface area contributed by atoms with E-state index in [0.29, 0.717) is 31.0 Å². The second-order valence-corrected chi connectivity index (χ2v) is 8.18. The van der Waals surface area contributed by atoms with Gasteiger partial charge in [-0.25, -0.2) is 0 Å². The molecule has 0 N–H and O–H groups in total. The molecule has 1 amide bonds. The monoisotopic (exact) mass is 449 g/mol. The molecule has 7 nitrogen and oxygen atoms in total. The zero-order valence-electron chi connectivity index (χ0n) is 19.3. The first-order valence-corrected chi connectivity index (χ1v) is 11.4. The number of hydrogen-bond donors (Lipinski definition) is 0. The Morgan fingerprint density at radius 3 is 2.42 bits per heavy atom. The number of methoxy groups -OCH3 is 2. The van der Waals surface area contributed by atoms with Crippen LogP contribution in [0.1, 0.15) is 35.2 Å². The van der Waals surface area contributed by atoms with E-state index in [4.69, 9.17) is 14.0 Å². The van der Waals surface area contributed by atoms with Gasteiger partial charge in [0.05, 0.1) is 25.8 Å². The normalized spacial score (nSPS) is 13.7. The van der Waals surface area contributed by atoms with Crippen molar-refractivity contribution in [3.8, 4) is 17.0 Å². The summed E-state index contributed by atoms with van der Waals surface area (Å²) < 4.78 is 16.4. The largest absolute Gasteiger partial charge is 0.497 e. The average molecular weight is 450 g/mol. The highest BCUT2D eigenvalue weighted by Crippen LogP contribution is 2.34. The first-order valence-electron chi connectivity index (χ1n) is 11.4. The van der Waals surface area contributed by atoms with Crippen LogP contribution >= 0.6 is 0 Å². The molecule has 2 heterocycles. The van der Waals surface area contributed by atoms with Crippen LogP contribution in [0.2, 0.25) is 0 Å². The van der Waals surface area contributed by atoms with E-state index in [1.165, 1.54) is 6.42 Å². The van der Waals surface area contributed by atoms with Gasteiger partial charge in [-0.3, -0.25) is 4.79 Å². The Morgan fingerprint density at radius 2 is 1.76 bits per heavy atom. The highest BCUT2D eigenvalue weighted by atomic mass is 16.5. The Kier molecular flexibility index (Phi) is 7.62. The number of amides is 1. The third kappa shape index (κ3) is 5.37. The number of rotatable bonds is 9. The van der Waals surface area contributed by atoms with E-state index in [2.05, 4.69) is 10.1 Å². The van der Waals surface area contributed by atoms with Crippen LogP contribution in [0.3, 0.4) is 0 Å². The highest BCUT2D eigenvalue weighted by molar-refractivity contribution is 5.94. The number of carbonyl (C=O) groups is 1. The quantitative estimate of drug-likeness (QED) is 0.475. The molecule has 1 fully saturated rings. The number of piperidine rings is 1. The van der Waals surface area contributed by atoms with Gasteiger partial charge in [0.2, 0.25) is 5.88 Å². The van der Waals surface area contributed by atoms with E-state index in [9.17, 15) is 4.79 Å². The third-order valence-corrected chi connectivity index (χ3v) is 6.00. The zero-order chi connectivity index (χ0) is 23.0. The van der Waals surface area contributed by atoms with Gasteiger partial charge >= 0.3 is 0 Å². The van der Waals surface area contributed by atoms with Gasteiger partial charge in [0, 0.05) is 37.9 Å². The van der Waals surface area contributed by atoms with Crippen molar-refractivity contribution in [1.82, 2.24) is 10.1 Å². The fraction of sp³-hybridized carbons (Fsp3) is 0.385. The summed E-state index contributed by atoms with van der Waals surface area (Å²) in [5, 5.41) is 4.45. The van der Waals surface area contributed by atoms with Crippen molar-refractivity contribution < 1.29 is 18.8 Å². The van der Waals surface area contributed by atoms with Crippen LogP contribution in [-0.4, -0.2) is 56.4 Å². The van der Waals surface area contributed by atoms with E-state index < -0.39 is 0 Å². The second-order valence-electron chi connectivity index (χ2n) is 8.18. The summed E-state index contributed by atoms with van der Waals surface area (Å²) in [6.07, 6.45) is 3.47. The number of aromatic nitrogens is 1. The Bertz CT molecular complexity index is 1030. The molecule has 1 aliphatic rings. The maximum atomic E-state index is 13.5. The number of anilines is 1. The average Bonchev–Trinajstić information content (AvgIpc) is 3.30. The lowest BCUT2D eigenvalue weighted by Crippen LogP contribution is -2.35. The molecule has 0 bridgehead atoms. The summed E-state index contributed by atoms with van der Waals surface area (Å²) in [4.78, 5) is 17.5. The van der Waals surface area contributed by atoms with Crippen LogP contribution in [-0.2, 0) is 11.3 Å². The number of benzene rings is 2. The maximum Gasteiger partial charge on any atom is 0.254 e. The summed E-state index contributed by atoms with van der Waals surface area (Å²) in [5.74, 6) is 1.41. The van der Waals surface area contributed by atoms with Gasteiger partial charge in [0.25, 0.3) is 5.91 Å². The minimum absolute atomic E-state index is 0.0699. The molecule has 0 saturated carbocycles. The van der Waals surface area contributed by atoms with Crippen molar-refractivity contribution in [2.75, 3.05) is 45.4 Å². The van der Waals surface area contributed by atoms with Crippen LogP contribution in [0, 0.1) is 0 Å². The van der Waals surface area contributed by atoms with Gasteiger partial charge in [-0.05, 0) is 43.5 Å². The van der Waals surface area contributed by atoms with Gasteiger partial charge in [-0.1, -0.05) is 35.5 Å². The number of nitrogens with zero attached hydrogens (tertiary/aromatic N) is 3. The minimum Gasteiger partial charge on any atom is -0.497 e. The smallest absolute Gasteiger partial charge is 0.254 e. The van der Waals surface area contributed by atoms with Crippen molar-refractivity contribution in [3.05, 3.63) is 65.7 Å². The predicted octanol–water partition coefficient (Wildman–Crippen LogP) is 4.63. The molecule has 0 unspecified atom stereocenters. The molecule has 1 aliphatic heterocycles. The molecular formula is C26H31N3O4. The molecule has 33 heavy (non-hydrogen) atoms. The lowest BCUT2D eigenvalue weighted by molar-refractivity contribution is 0.0680. The SMILES string of the molecule is COCCN(Cc1c(-c2ccccc2)noc1N1CCCCC1)C(=O)c1ccc(OC)cc1. The van der Waals surface area contributed by atoms with Crippen LogP contribution in [0.4, 0.5) is 5.88 Å². The first kappa shape index (κ1) is 22.9. The van der Waals surface area contributed by atoms with E-state index in [1.807, 2.05) is 30.3 Å².